The van der Waals surface area contributed by atoms with Gasteiger partial charge in [-0.15, -0.1) is 10.2 Å². The summed E-state index contributed by atoms with van der Waals surface area (Å²) in [7, 11) is 0. The first-order chi connectivity index (χ1) is 20.3. The van der Waals surface area contributed by atoms with Crippen LogP contribution >= 0.6 is 0 Å². The zero-order chi connectivity index (χ0) is 27.2. The summed E-state index contributed by atoms with van der Waals surface area (Å²) in [6, 6.07) is 47.6. The van der Waals surface area contributed by atoms with Crippen molar-refractivity contribution in [1.82, 2.24) is 25.0 Å². The molecule has 0 unspecified atom stereocenters. The fourth-order valence-corrected chi connectivity index (χ4v) is 5.40. The quantitative estimate of drug-likeness (QED) is 0.216. The molecule has 192 valence electrons. The van der Waals surface area contributed by atoms with E-state index in [1.807, 2.05) is 48.5 Å². The smallest absolute Gasteiger partial charge is 0.113 e. The summed E-state index contributed by atoms with van der Waals surface area (Å²) in [6.45, 7) is 0. The maximum absolute atomic E-state index is 5.23. The van der Waals surface area contributed by atoms with Crippen LogP contribution < -0.4 is 0 Å². The van der Waals surface area contributed by atoms with Crippen molar-refractivity contribution in [3.63, 3.8) is 0 Å². The van der Waals surface area contributed by atoms with Crippen LogP contribution in [0.15, 0.2) is 140 Å². The molecule has 41 heavy (non-hydrogen) atoms. The summed E-state index contributed by atoms with van der Waals surface area (Å²) in [5, 5.41) is 11.5. The normalized spacial score (nSPS) is 11.4. The van der Waals surface area contributed by atoms with Gasteiger partial charge in [-0.3, -0.25) is 0 Å². The molecule has 0 aliphatic carbocycles. The predicted octanol–water partition coefficient (Wildman–Crippen LogP) is 8.52. The molecule has 0 amide bonds. The number of pyridine rings is 2. The minimum Gasteiger partial charge on any atom is -0.245 e. The molecular weight excluding hydrogens is 502 g/mol. The third-order valence-corrected chi connectivity index (χ3v) is 7.47. The van der Waals surface area contributed by atoms with Crippen LogP contribution in [-0.4, -0.2) is 25.0 Å². The molecule has 0 radical (unpaired) electrons. The minimum absolute atomic E-state index is 0.864. The molecule has 3 heterocycles. The number of benzene rings is 5. The fourth-order valence-electron chi connectivity index (χ4n) is 5.40. The second-order valence-electron chi connectivity index (χ2n) is 10.0. The van der Waals surface area contributed by atoms with Gasteiger partial charge in [0.15, 0.2) is 0 Å². The maximum atomic E-state index is 5.23. The van der Waals surface area contributed by atoms with Crippen molar-refractivity contribution < 1.29 is 0 Å². The van der Waals surface area contributed by atoms with E-state index in [1.54, 1.807) is 4.80 Å². The fraction of sp³-hybridized carbons (Fsp3) is 0. The van der Waals surface area contributed by atoms with Gasteiger partial charge in [0.2, 0.25) is 0 Å². The van der Waals surface area contributed by atoms with Gasteiger partial charge in [-0.1, -0.05) is 97.1 Å². The van der Waals surface area contributed by atoms with Gasteiger partial charge in [0.25, 0.3) is 0 Å². The number of hydrogen-bond acceptors (Lipinski definition) is 4. The van der Waals surface area contributed by atoms with Crippen LogP contribution in [-0.2, 0) is 0 Å². The highest BCUT2D eigenvalue weighted by molar-refractivity contribution is 6.04. The highest BCUT2D eigenvalue weighted by Gasteiger charge is 2.14. The van der Waals surface area contributed by atoms with Gasteiger partial charge in [-0.2, -0.15) is 4.80 Å². The second kappa shape index (κ2) is 9.50. The van der Waals surface area contributed by atoms with E-state index in [0.29, 0.717) is 0 Å². The Hall–Kier alpha value is -5.68. The van der Waals surface area contributed by atoms with Gasteiger partial charge in [0.05, 0.1) is 28.1 Å². The number of rotatable bonds is 4. The van der Waals surface area contributed by atoms with Crippen LogP contribution in [0.1, 0.15) is 0 Å². The maximum Gasteiger partial charge on any atom is 0.113 e. The summed E-state index contributed by atoms with van der Waals surface area (Å²) in [6.07, 6.45) is 0. The third kappa shape index (κ3) is 4.12. The number of hydrogen-bond donors (Lipinski definition) is 0. The molecule has 8 aromatic rings. The molecule has 5 aromatic carbocycles. The summed E-state index contributed by atoms with van der Waals surface area (Å²) in [4.78, 5) is 12.0. The third-order valence-electron chi connectivity index (χ3n) is 7.47. The molecule has 0 aliphatic heterocycles. The molecule has 5 nitrogen and oxygen atoms in total. The SMILES string of the molecule is c1ccc(-c2ccc3ccc4ccc(-c5ccc(-n6nc7ccccc7n6)cc5-c5ccccc5)nc4c3n2)cc1. The lowest BCUT2D eigenvalue weighted by Gasteiger charge is -2.13. The molecule has 0 atom stereocenters. The second-order valence-corrected chi connectivity index (χ2v) is 10.0. The Bertz CT molecular complexity index is 2170. The molecule has 0 aliphatic rings. The van der Waals surface area contributed by atoms with Crippen LogP contribution in [0, 0.1) is 0 Å². The molecule has 0 spiro atoms. The monoisotopic (exact) mass is 525 g/mol. The highest BCUT2D eigenvalue weighted by atomic mass is 15.5. The van der Waals surface area contributed by atoms with Gasteiger partial charge >= 0.3 is 0 Å². The van der Waals surface area contributed by atoms with Crippen molar-refractivity contribution >= 4 is 32.8 Å². The molecule has 0 saturated carbocycles. The predicted molar refractivity (Wildman–Crippen MR) is 166 cm³/mol. The molecule has 0 fully saturated rings. The summed E-state index contributed by atoms with van der Waals surface area (Å²) < 4.78 is 0. The van der Waals surface area contributed by atoms with Gasteiger partial charge < -0.3 is 0 Å². The average Bonchev–Trinajstić information content (AvgIpc) is 3.49. The molecule has 0 saturated heterocycles. The van der Waals surface area contributed by atoms with Crippen LogP contribution in [0.25, 0.3) is 72.2 Å². The number of fused-ring (bicyclic) bond motifs is 4. The van der Waals surface area contributed by atoms with Crippen molar-refractivity contribution in [3.05, 3.63) is 140 Å². The van der Waals surface area contributed by atoms with E-state index in [-0.39, 0.29) is 0 Å². The molecule has 5 heteroatoms. The highest BCUT2D eigenvalue weighted by Crippen LogP contribution is 2.35. The van der Waals surface area contributed by atoms with Crippen molar-refractivity contribution in [2.24, 2.45) is 0 Å². The Balaban J connectivity index is 1.32. The average molecular weight is 526 g/mol. The molecule has 0 N–H and O–H groups in total. The number of nitrogens with zero attached hydrogens (tertiary/aromatic N) is 5. The zero-order valence-electron chi connectivity index (χ0n) is 22.0. The Morgan fingerprint density at radius 2 is 0.951 bits per heavy atom. The molecular formula is C36H23N5. The van der Waals surface area contributed by atoms with E-state index in [0.717, 1.165) is 72.2 Å². The minimum atomic E-state index is 0.864. The Morgan fingerprint density at radius 1 is 0.415 bits per heavy atom. The summed E-state index contributed by atoms with van der Waals surface area (Å²) in [5.74, 6) is 0. The Kier molecular flexibility index (Phi) is 5.38. The standard InChI is InChI=1S/C36H23N5/c1-3-9-24(10-4-1)30-23-28(41-39-33-13-7-8-14-34(33)40-41)19-20-29(30)32-22-18-27-16-15-26-17-21-31(25-11-5-2-6-12-25)37-35(26)36(27)38-32/h1-23H. The van der Waals surface area contributed by atoms with E-state index in [1.165, 1.54) is 0 Å². The molecule has 8 rings (SSSR count). The molecule has 0 bridgehead atoms. The van der Waals surface area contributed by atoms with Crippen LogP contribution in [0.4, 0.5) is 0 Å². The lowest BCUT2D eigenvalue weighted by molar-refractivity contribution is 0.766. The first-order valence-corrected chi connectivity index (χ1v) is 13.6. The first-order valence-electron chi connectivity index (χ1n) is 13.6. The van der Waals surface area contributed by atoms with E-state index in [2.05, 4.69) is 91.0 Å². The largest absolute Gasteiger partial charge is 0.245 e. The van der Waals surface area contributed by atoms with Gasteiger partial charge in [0.1, 0.15) is 11.0 Å². The topological polar surface area (TPSA) is 56.5 Å². The summed E-state index contributed by atoms with van der Waals surface area (Å²) in [5.41, 5.74) is 10.5. The van der Waals surface area contributed by atoms with Crippen LogP contribution in [0.5, 0.6) is 0 Å². The van der Waals surface area contributed by atoms with Crippen molar-refractivity contribution in [3.8, 4) is 39.3 Å². The van der Waals surface area contributed by atoms with E-state index < -0.39 is 0 Å². The van der Waals surface area contributed by atoms with Crippen molar-refractivity contribution in [1.29, 1.82) is 0 Å². The molecule has 3 aromatic heterocycles. The van der Waals surface area contributed by atoms with E-state index in [4.69, 9.17) is 20.2 Å². The Morgan fingerprint density at radius 3 is 1.61 bits per heavy atom. The first kappa shape index (κ1) is 23.2. The van der Waals surface area contributed by atoms with Crippen molar-refractivity contribution in [2.45, 2.75) is 0 Å². The summed E-state index contributed by atoms with van der Waals surface area (Å²) >= 11 is 0. The zero-order valence-corrected chi connectivity index (χ0v) is 22.0. The van der Waals surface area contributed by atoms with Crippen molar-refractivity contribution in [2.75, 3.05) is 0 Å². The van der Waals surface area contributed by atoms with Gasteiger partial charge in [-0.05, 0) is 53.6 Å². The van der Waals surface area contributed by atoms with E-state index in [9.17, 15) is 0 Å². The van der Waals surface area contributed by atoms with Gasteiger partial charge in [-0.25, -0.2) is 9.97 Å². The van der Waals surface area contributed by atoms with Gasteiger partial charge in [0, 0.05) is 21.9 Å². The lowest BCUT2D eigenvalue weighted by Crippen LogP contribution is -2.00. The Labute approximate surface area is 236 Å². The van der Waals surface area contributed by atoms with E-state index >= 15 is 0 Å². The van der Waals surface area contributed by atoms with Crippen LogP contribution in [0.2, 0.25) is 0 Å². The lowest BCUT2D eigenvalue weighted by atomic mass is 9.96. The number of aromatic nitrogens is 5. The van der Waals surface area contributed by atoms with Crippen LogP contribution in [0.3, 0.4) is 0 Å².